The first-order valence-electron chi connectivity index (χ1n) is 7.62. The van der Waals surface area contributed by atoms with Gasteiger partial charge in [-0.2, -0.15) is 0 Å². The molecule has 19 heavy (non-hydrogen) atoms. The summed E-state index contributed by atoms with van der Waals surface area (Å²) < 4.78 is 0. The van der Waals surface area contributed by atoms with Gasteiger partial charge in [-0.1, -0.05) is 30.3 Å². The normalized spacial score (nSPS) is 26.9. The molecule has 2 nitrogen and oxygen atoms in total. The number of rotatable bonds is 5. The first kappa shape index (κ1) is 14.5. The Hall–Kier alpha value is -0.860. The van der Waals surface area contributed by atoms with Crippen molar-refractivity contribution in [2.45, 2.75) is 51.6 Å². The van der Waals surface area contributed by atoms with Gasteiger partial charge in [-0.05, 0) is 56.9 Å². The van der Waals surface area contributed by atoms with Gasteiger partial charge in [0.1, 0.15) is 0 Å². The maximum absolute atomic E-state index is 9.19. The summed E-state index contributed by atoms with van der Waals surface area (Å²) in [4.78, 5) is 0. The van der Waals surface area contributed by atoms with Gasteiger partial charge in [0.2, 0.25) is 0 Å². The van der Waals surface area contributed by atoms with Crippen LogP contribution in [0.3, 0.4) is 0 Å². The SMILES string of the molecule is C[C@@H](N[C@H](C)C1CCC(CO)CC1)c1ccccc1. The molecular formula is C17H27NO. The van der Waals surface area contributed by atoms with Crippen molar-refractivity contribution >= 4 is 0 Å². The average molecular weight is 261 g/mol. The molecule has 0 aromatic heterocycles. The van der Waals surface area contributed by atoms with Crippen molar-refractivity contribution in [3.8, 4) is 0 Å². The molecule has 0 spiro atoms. The molecule has 106 valence electrons. The molecule has 1 aromatic carbocycles. The number of aliphatic hydroxyl groups excluding tert-OH is 1. The lowest BCUT2D eigenvalue weighted by atomic mass is 9.79. The Morgan fingerprint density at radius 2 is 1.74 bits per heavy atom. The van der Waals surface area contributed by atoms with Crippen LogP contribution >= 0.6 is 0 Å². The van der Waals surface area contributed by atoms with Gasteiger partial charge in [0.25, 0.3) is 0 Å². The highest BCUT2D eigenvalue weighted by Gasteiger charge is 2.25. The van der Waals surface area contributed by atoms with E-state index in [1.54, 1.807) is 0 Å². The first-order valence-corrected chi connectivity index (χ1v) is 7.62. The molecule has 2 atom stereocenters. The van der Waals surface area contributed by atoms with Crippen LogP contribution in [0.5, 0.6) is 0 Å². The Morgan fingerprint density at radius 1 is 1.11 bits per heavy atom. The number of benzene rings is 1. The second-order valence-electron chi connectivity index (χ2n) is 6.05. The van der Waals surface area contributed by atoms with Crippen molar-refractivity contribution < 1.29 is 5.11 Å². The zero-order valence-electron chi connectivity index (χ0n) is 12.2. The summed E-state index contributed by atoms with van der Waals surface area (Å²) in [5.41, 5.74) is 1.36. The highest BCUT2D eigenvalue weighted by molar-refractivity contribution is 5.18. The molecule has 0 unspecified atom stereocenters. The standard InChI is InChI=1S/C17H27NO/c1-13(16-6-4-3-5-7-16)18-14(2)17-10-8-15(12-19)9-11-17/h3-7,13-15,17-19H,8-12H2,1-2H3/t13-,14-,15?,17?/m1/s1. The first-order chi connectivity index (χ1) is 9.20. The van der Waals surface area contributed by atoms with E-state index in [2.05, 4.69) is 49.5 Å². The molecule has 0 heterocycles. The summed E-state index contributed by atoms with van der Waals surface area (Å²) >= 11 is 0. The van der Waals surface area contributed by atoms with Crippen molar-refractivity contribution in [2.75, 3.05) is 6.61 Å². The van der Waals surface area contributed by atoms with Gasteiger partial charge < -0.3 is 10.4 Å². The van der Waals surface area contributed by atoms with Crippen molar-refractivity contribution in [1.82, 2.24) is 5.32 Å². The van der Waals surface area contributed by atoms with Gasteiger partial charge in [-0.25, -0.2) is 0 Å². The Balaban J connectivity index is 1.83. The third kappa shape index (κ3) is 4.05. The molecule has 1 fully saturated rings. The molecule has 0 radical (unpaired) electrons. The number of hydrogen-bond acceptors (Lipinski definition) is 2. The smallest absolute Gasteiger partial charge is 0.0459 e. The van der Waals surface area contributed by atoms with Gasteiger partial charge in [0.15, 0.2) is 0 Å². The number of nitrogens with one attached hydrogen (secondary N) is 1. The largest absolute Gasteiger partial charge is 0.396 e. The Bertz CT molecular complexity index is 357. The van der Waals surface area contributed by atoms with E-state index in [0.717, 1.165) is 5.92 Å². The zero-order chi connectivity index (χ0) is 13.7. The second-order valence-corrected chi connectivity index (χ2v) is 6.05. The van der Waals surface area contributed by atoms with Crippen LogP contribution in [0.1, 0.15) is 51.1 Å². The molecule has 2 N–H and O–H groups in total. The minimum Gasteiger partial charge on any atom is -0.396 e. The van der Waals surface area contributed by atoms with Crippen molar-refractivity contribution in [2.24, 2.45) is 11.8 Å². The summed E-state index contributed by atoms with van der Waals surface area (Å²) in [6.07, 6.45) is 4.88. The van der Waals surface area contributed by atoms with E-state index in [1.165, 1.54) is 31.2 Å². The topological polar surface area (TPSA) is 32.3 Å². The Kier molecular flexibility index (Phi) is 5.41. The van der Waals surface area contributed by atoms with Crippen LogP contribution in [0.15, 0.2) is 30.3 Å². The van der Waals surface area contributed by atoms with E-state index in [1.807, 2.05) is 0 Å². The van der Waals surface area contributed by atoms with E-state index in [4.69, 9.17) is 0 Å². The molecule has 0 aliphatic heterocycles. The van der Waals surface area contributed by atoms with Crippen LogP contribution < -0.4 is 5.32 Å². The average Bonchev–Trinajstić information content (AvgIpc) is 2.48. The lowest BCUT2D eigenvalue weighted by Crippen LogP contribution is -2.37. The lowest BCUT2D eigenvalue weighted by Gasteiger charge is -2.33. The van der Waals surface area contributed by atoms with E-state index in [0.29, 0.717) is 24.6 Å². The van der Waals surface area contributed by atoms with Gasteiger partial charge in [0.05, 0.1) is 0 Å². The van der Waals surface area contributed by atoms with E-state index >= 15 is 0 Å². The van der Waals surface area contributed by atoms with Crippen molar-refractivity contribution in [3.63, 3.8) is 0 Å². The molecular weight excluding hydrogens is 234 g/mol. The van der Waals surface area contributed by atoms with Gasteiger partial charge in [-0.3, -0.25) is 0 Å². The molecule has 1 aromatic rings. The Labute approximate surface area is 117 Å². The van der Waals surface area contributed by atoms with Gasteiger partial charge in [-0.15, -0.1) is 0 Å². The number of aliphatic hydroxyl groups is 1. The van der Waals surface area contributed by atoms with Crippen LogP contribution in [0.4, 0.5) is 0 Å². The highest BCUT2D eigenvalue weighted by atomic mass is 16.3. The molecule has 2 heteroatoms. The van der Waals surface area contributed by atoms with E-state index < -0.39 is 0 Å². The molecule has 1 aliphatic carbocycles. The van der Waals surface area contributed by atoms with Crippen LogP contribution in [-0.2, 0) is 0 Å². The predicted octanol–water partition coefficient (Wildman–Crippen LogP) is 3.52. The fraction of sp³-hybridized carbons (Fsp3) is 0.647. The summed E-state index contributed by atoms with van der Waals surface area (Å²) in [5.74, 6) is 1.31. The van der Waals surface area contributed by atoms with Crippen LogP contribution in [0.25, 0.3) is 0 Å². The molecule has 1 aliphatic rings. The number of hydrogen-bond donors (Lipinski definition) is 2. The quantitative estimate of drug-likeness (QED) is 0.850. The summed E-state index contributed by atoms with van der Waals surface area (Å²) in [6.45, 7) is 4.92. The fourth-order valence-electron chi connectivity index (χ4n) is 3.24. The molecule has 2 rings (SSSR count). The fourth-order valence-corrected chi connectivity index (χ4v) is 3.24. The third-order valence-corrected chi connectivity index (χ3v) is 4.67. The van der Waals surface area contributed by atoms with Gasteiger partial charge >= 0.3 is 0 Å². The monoisotopic (exact) mass is 261 g/mol. The van der Waals surface area contributed by atoms with Gasteiger partial charge in [0, 0.05) is 18.7 Å². The summed E-state index contributed by atoms with van der Waals surface area (Å²) in [7, 11) is 0. The lowest BCUT2D eigenvalue weighted by molar-refractivity contribution is 0.151. The minimum atomic E-state index is 0.370. The maximum atomic E-state index is 9.19. The van der Waals surface area contributed by atoms with Crippen molar-refractivity contribution in [3.05, 3.63) is 35.9 Å². The van der Waals surface area contributed by atoms with E-state index in [9.17, 15) is 5.11 Å². The predicted molar refractivity (Wildman–Crippen MR) is 80.0 cm³/mol. The Morgan fingerprint density at radius 3 is 2.32 bits per heavy atom. The summed E-state index contributed by atoms with van der Waals surface area (Å²) in [5, 5.41) is 12.9. The van der Waals surface area contributed by atoms with Crippen LogP contribution in [0.2, 0.25) is 0 Å². The van der Waals surface area contributed by atoms with E-state index in [-0.39, 0.29) is 0 Å². The summed E-state index contributed by atoms with van der Waals surface area (Å²) in [6, 6.07) is 11.6. The molecule has 0 saturated heterocycles. The van der Waals surface area contributed by atoms with Crippen LogP contribution in [0, 0.1) is 11.8 Å². The zero-order valence-corrected chi connectivity index (χ0v) is 12.2. The van der Waals surface area contributed by atoms with Crippen molar-refractivity contribution in [1.29, 1.82) is 0 Å². The highest BCUT2D eigenvalue weighted by Crippen LogP contribution is 2.31. The van der Waals surface area contributed by atoms with Crippen LogP contribution in [-0.4, -0.2) is 17.8 Å². The maximum Gasteiger partial charge on any atom is 0.0459 e. The minimum absolute atomic E-state index is 0.370. The third-order valence-electron chi connectivity index (χ3n) is 4.67. The molecule has 0 bridgehead atoms. The second kappa shape index (κ2) is 7.06. The molecule has 0 amide bonds. The molecule has 1 saturated carbocycles.